The molecule has 6 rings (SSSR count). The predicted octanol–water partition coefficient (Wildman–Crippen LogP) is 6.80. The van der Waals surface area contributed by atoms with Gasteiger partial charge in [-0.3, -0.25) is 4.79 Å². The number of fused-ring (bicyclic) bond motifs is 2. The van der Waals surface area contributed by atoms with Crippen molar-refractivity contribution in [2.24, 2.45) is 0 Å². The topological polar surface area (TPSA) is 104 Å². The summed E-state index contributed by atoms with van der Waals surface area (Å²) in [6, 6.07) is 13.2. The van der Waals surface area contributed by atoms with E-state index in [4.69, 9.17) is 23.6 Å². The van der Waals surface area contributed by atoms with Crippen molar-refractivity contribution >= 4 is 44.5 Å². The van der Waals surface area contributed by atoms with Gasteiger partial charge in [-0.15, -0.1) is 16.4 Å². The number of hydrogen-bond acceptors (Lipinski definition) is 10. The van der Waals surface area contributed by atoms with E-state index in [0.29, 0.717) is 50.8 Å². The van der Waals surface area contributed by atoms with E-state index in [2.05, 4.69) is 17.0 Å². The van der Waals surface area contributed by atoms with Crippen LogP contribution in [0.5, 0.6) is 16.7 Å². The van der Waals surface area contributed by atoms with Crippen LogP contribution in [0.2, 0.25) is 0 Å². The molecule has 12 heteroatoms. The van der Waals surface area contributed by atoms with E-state index in [1.54, 1.807) is 24.9 Å². The smallest absolute Gasteiger partial charge is 0.294 e. The lowest BCUT2D eigenvalue weighted by Crippen LogP contribution is -2.31. The third kappa shape index (κ3) is 5.42. The Morgan fingerprint density at radius 2 is 1.90 bits per heavy atom. The van der Waals surface area contributed by atoms with Gasteiger partial charge in [0.25, 0.3) is 11.1 Å². The number of aromatic nitrogens is 4. The maximum atomic E-state index is 12.8. The number of methoxy groups -OCH3 is 2. The molecule has 4 aromatic heterocycles. The summed E-state index contributed by atoms with van der Waals surface area (Å²) in [6.45, 7) is 5.79. The van der Waals surface area contributed by atoms with Crippen molar-refractivity contribution in [2.45, 2.75) is 26.9 Å². The molecule has 1 amide bonds. The van der Waals surface area contributed by atoms with Gasteiger partial charge in [-0.2, -0.15) is 0 Å². The van der Waals surface area contributed by atoms with Gasteiger partial charge in [0.05, 0.1) is 31.5 Å². The fourth-order valence-corrected chi connectivity index (χ4v) is 6.11. The Morgan fingerprint density at radius 3 is 2.62 bits per heavy atom. The van der Waals surface area contributed by atoms with Gasteiger partial charge in [-0.05, 0) is 42.9 Å². The molecule has 0 saturated carbocycles. The molecule has 0 spiro atoms. The highest BCUT2D eigenvalue weighted by Gasteiger charge is 2.18. The number of hydrogen-bond donors (Lipinski definition) is 0. The summed E-state index contributed by atoms with van der Waals surface area (Å²) in [4.78, 5) is 24.7. The van der Waals surface area contributed by atoms with E-state index in [-0.39, 0.29) is 12.5 Å². The van der Waals surface area contributed by atoms with Gasteiger partial charge in [-0.25, -0.2) is 14.5 Å². The van der Waals surface area contributed by atoms with E-state index < -0.39 is 0 Å². The average Bonchev–Trinajstić information content (AvgIpc) is 3.81. The second kappa shape index (κ2) is 11.8. The molecule has 0 fully saturated rings. The molecule has 0 aliphatic rings. The van der Waals surface area contributed by atoms with Gasteiger partial charge in [0.2, 0.25) is 4.96 Å². The van der Waals surface area contributed by atoms with Gasteiger partial charge in [0.1, 0.15) is 34.4 Å². The first-order valence-corrected chi connectivity index (χ1v) is 15.2. The Morgan fingerprint density at radius 1 is 1.07 bits per heavy atom. The molecule has 2 aromatic carbocycles. The van der Waals surface area contributed by atoms with Gasteiger partial charge in [0.15, 0.2) is 5.76 Å². The maximum absolute atomic E-state index is 12.8. The third-order valence-corrected chi connectivity index (χ3v) is 8.55. The lowest BCUT2D eigenvalue weighted by Gasteiger charge is -2.20. The number of benzene rings is 2. The Hall–Kier alpha value is -4.42. The zero-order valence-corrected chi connectivity index (χ0v) is 25.3. The largest absolute Gasteiger partial charge is 0.496 e. The van der Waals surface area contributed by atoms with Crippen molar-refractivity contribution in [2.75, 3.05) is 27.3 Å². The number of amides is 1. The predicted molar refractivity (Wildman–Crippen MR) is 163 cm³/mol. The van der Waals surface area contributed by atoms with Crippen LogP contribution in [0.15, 0.2) is 58.5 Å². The number of rotatable bonds is 11. The van der Waals surface area contributed by atoms with E-state index in [1.165, 1.54) is 22.7 Å². The molecule has 0 aliphatic heterocycles. The molecule has 42 heavy (non-hydrogen) atoms. The molecule has 0 atom stereocenters. The minimum Gasteiger partial charge on any atom is -0.496 e. The molecule has 0 radical (unpaired) electrons. The fourth-order valence-electron chi connectivity index (χ4n) is 4.60. The Labute approximate surface area is 250 Å². The van der Waals surface area contributed by atoms with Crippen molar-refractivity contribution in [3.8, 4) is 38.7 Å². The number of ether oxygens (including phenoxy) is 3. The first kappa shape index (κ1) is 27.7. The standard InChI is InChI=1S/C30H29N5O5S2/c1-5-11-34(6-2)28(36)19-9-7-18(8-10-19)27-31-20(17-41-27)16-39-24-12-21(37-3)13-25-22(24)14-26(40-25)23-15-35-29(32-23)42-30(33-35)38-4/h7-10,12-15,17H,5-6,11,16H2,1-4H3. The maximum Gasteiger partial charge on any atom is 0.294 e. The third-order valence-electron chi connectivity index (χ3n) is 6.73. The van der Waals surface area contributed by atoms with Gasteiger partial charge >= 0.3 is 0 Å². The van der Waals surface area contributed by atoms with Crippen LogP contribution in [-0.2, 0) is 6.61 Å². The first-order chi connectivity index (χ1) is 20.5. The number of imidazole rings is 1. The second-order valence-corrected chi connectivity index (χ2v) is 11.2. The van der Waals surface area contributed by atoms with Crippen molar-refractivity contribution in [3.05, 3.63) is 65.3 Å². The summed E-state index contributed by atoms with van der Waals surface area (Å²) < 4.78 is 24.7. The lowest BCUT2D eigenvalue weighted by atomic mass is 10.1. The van der Waals surface area contributed by atoms with Crippen LogP contribution in [0.4, 0.5) is 0 Å². The molecule has 0 aliphatic carbocycles. The quantitative estimate of drug-likeness (QED) is 0.159. The lowest BCUT2D eigenvalue weighted by molar-refractivity contribution is 0.0764. The zero-order chi connectivity index (χ0) is 29.2. The molecule has 0 unspecified atom stereocenters. The van der Waals surface area contributed by atoms with Crippen LogP contribution in [-0.4, -0.2) is 57.7 Å². The van der Waals surface area contributed by atoms with Crippen LogP contribution in [0, 0.1) is 0 Å². The molecular weight excluding hydrogens is 574 g/mol. The summed E-state index contributed by atoms with van der Waals surface area (Å²) in [5, 5.41) is 8.51. The van der Waals surface area contributed by atoms with Crippen molar-refractivity contribution in [1.82, 2.24) is 24.5 Å². The van der Waals surface area contributed by atoms with Crippen LogP contribution in [0.3, 0.4) is 0 Å². The number of nitrogens with zero attached hydrogens (tertiary/aromatic N) is 5. The monoisotopic (exact) mass is 603 g/mol. The van der Waals surface area contributed by atoms with Gasteiger partial charge in [0, 0.05) is 41.7 Å². The SMILES string of the molecule is CCCN(CC)C(=O)c1ccc(-c2nc(COc3cc(OC)cc4oc(-c5cn6nc(OC)sc6n5)cc34)cs2)cc1. The van der Waals surface area contributed by atoms with Gasteiger partial charge in [-0.1, -0.05) is 19.1 Å². The van der Waals surface area contributed by atoms with Crippen LogP contribution < -0.4 is 14.2 Å². The highest BCUT2D eigenvalue weighted by Crippen LogP contribution is 2.38. The zero-order valence-electron chi connectivity index (χ0n) is 23.6. The number of carbonyl (C=O) groups excluding carboxylic acids is 1. The minimum absolute atomic E-state index is 0.0516. The summed E-state index contributed by atoms with van der Waals surface area (Å²) in [7, 11) is 3.18. The average molecular weight is 604 g/mol. The highest BCUT2D eigenvalue weighted by atomic mass is 32.1. The first-order valence-electron chi connectivity index (χ1n) is 13.5. The van der Waals surface area contributed by atoms with E-state index >= 15 is 0 Å². The summed E-state index contributed by atoms with van der Waals surface area (Å²) >= 11 is 2.88. The van der Waals surface area contributed by atoms with Crippen molar-refractivity contribution in [3.63, 3.8) is 0 Å². The van der Waals surface area contributed by atoms with E-state index in [0.717, 1.165) is 34.6 Å². The summed E-state index contributed by atoms with van der Waals surface area (Å²) in [6.07, 6.45) is 2.73. The molecule has 0 bridgehead atoms. The number of furan rings is 1. The van der Waals surface area contributed by atoms with Crippen LogP contribution >= 0.6 is 22.7 Å². The molecule has 216 valence electrons. The summed E-state index contributed by atoms with van der Waals surface area (Å²) in [5.41, 5.74) is 3.71. The Bertz CT molecular complexity index is 1820. The highest BCUT2D eigenvalue weighted by molar-refractivity contribution is 7.18. The Kier molecular flexibility index (Phi) is 7.81. The molecule has 4 heterocycles. The fraction of sp³-hybridized carbons (Fsp3) is 0.267. The number of carbonyl (C=O) groups is 1. The molecule has 10 nitrogen and oxygen atoms in total. The summed E-state index contributed by atoms with van der Waals surface area (Å²) in [5.74, 6) is 1.88. The van der Waals surface area contributed by atoms with Crippen LogP contribution in [0.25, 0.3) is 38.0 Å². The van der Waals surface area contributed by atoms with E-state index in [1.807, 2.05) is 59.7 Å². The van der Waals surface area contributed by atoms with E-state index in [9.17, 15) is 4.79 Å². The number of thiazole rings is 1. The van der Waals surface area contributed by atoms with Gasteiger partial charge < -0.3 is 23.5 Å². The van der Waals surface area contributed by atoms with Crippen LogP contribution in [0.1, 0.15) is 36.3 Å². The molecular formula is C30H29N5O5S2. The van der Waals surface area contributed by atoms with Crippen molar-refractivity contribution < 1.29 is 23.4 Å². The van der Waals surface area contributed by atoms with Crippen molar-refractivity contribution in [1.29, 1.82) is 0 Å². The molecule has 0 saturated heterocycles. The minimum atomic E-state index is 0.0516. The second-order valence-electron chi connectivity index (χ2n) is 9.47. The molecule has 0 N–H and O–H groups in total. The molecule has 6 aromatic rings. The Balaban J connectivity index is 1.19. The normalized spacial score (nSPS) is 11.3.